The van der Waals surface area contributed by atoms with Crippen LogP contribution in [0.25, 0.3) is 11.6 Å². The number of para-hydroxylation sites is 1. The number of carbonyl (C=O) groups excluding carboxylic acids is 1. The molecule has 1 aromatic heterocycles. The van der Waals surface area contributed by atoms with Gasteiger partial charge in [-0.05, 0) is 42.3 Å². The molecular weight excluding hydrogens is 458 g/mol. The van der Waals surface area contributed by atoms with Crippen LogP contribution in [0.1, 0.15) is 127 Å². The van der Waals surface area contributed by atoms with Crippen molar-refractivity contribution in [2.75, 3.05) is 11.4 Å². The molecule has 198 valence electrons. The first-order valence-electron chi connectivity index (χ1n) is 14.9. The predicted molar refractivity (Wildman–Crippen MR) is 160 cm³/mol. The van der Waals surface area contributed by atoms with Gasteiger partial charge in [-0.2, -0.15) is 0 Å². The van der Waals surface area contributed by atoms with E-state index in [2.05, 4.69) is 66.6 Å². The number of amides is 1. The summed E-state index contributed by atoms with van der Waals surface area (Å²) in [5.41, 5.74) is 3.06. The standard InChI is InChI=1S/C33H49NOS/c1-3-5-7-9-11-12-14-16-21-28(20-15-13-10-8-6-4-2)27-34-32-24-18-17-23-30(32)31(33(34)35)26-29-22-19-25-36-29/h17-19,22-26,28H,3-16,20-21,27H2,1-2H3/b31-26-. The summed E-state index contributed by atoms with van der Waals surface area (Å²) in [6.07, 6.45) is 23.5. The molecule has 2 heterocycles. The lowest BCUT2D eigenvalue weighted by atomic mass is 9.93. The van der Waals surface area contributed by atoms with E-state index < -0.39 is 0 Å². The maximum Gasteiger partial charge on any atom is 0.259 e. The molecular formula is C33H49NOS. The Kier molecular flexibility index (Phi) is 13.4. The SMILES string of the molecule is CCCCCCCCCCC(CCCCCCCC)CN1C(=O)/C(=C\c2cccs2)c2ccccc21. The van der Waals surface area contributed by atoms with Gasteiger partial charge >= 0.3 is 0 Å². The highest BCUT2D eigenvalue weighted by Gasteiger charge is 2.33. The molecule has 0 saturated heterocycles. The van der Waals surface area contributed by atoms with Crippen molar-refractivity contribution in [2.45, 2.75) is 117 Å². The van der Waals surface area contributed by atoms with Crippen molar-refractivity contribution in [1.29, 1.82) is 0 Å². The average Bonchev–Trinajstić information content (AvgIpc) is 3.50. The molecule has 2 nitrogen and oxygen atoms in total. The average molecular weight is 508 g/mol. The van der Waals surface area contributed by atoms with Gasteiger partial charge in [-0.3, -0.25) is 4.79 Å². The Balaban J connectivity index is 1.59. The lowest BCUT2D eigenvalue weighted by Crippen LogP contribution is -2.32. The summed E-state index contributed by atoms with van der Waals surface area (Å²) in [6.45, 7) is 5.43. The third-order valence-electron chi connectivity index (χ3n) is 7.66. The minimum absolute atomic E-state index is 0.188. The smallest absolute Gasteiger partial charge is 0.259 e. The molecule has 36 heavy (non-hydrogen) atoms. The minimum atomic E-state index is 0.188. The monoisotopic (exact) mass is 507 g/mol. The Morgan fingerprint density at radius 1 is 0.750 bits per heavy atom. The third-order valence-corrected chi connectivity index (χ3v) is 8.48. The van der Waals surface area contributed by atoms with Gasteiger partial charge < -0.3 is 4.90 Å². The van der Waals surface area contributed by atoms with E-state index >= 15 is 0 Å². The molecule has 0 bridgehead atoms. The maximum absolute atomic E-state index is 13.6. The van der Waals surface area contributed by atoms with E-state index in [1.54, 1.807) is 11.3 Å². The first kappa shape index (κ1) is 28.7. The van der Waals surface area contributed by atoms with Crippen LogP contribution in [0.4, 0.5) is 5.69 Å². The second-order valence-electron chi connectivity index (χ2n) is 10.7. The Morgan fingerprint density at radius 3 is 1.92 bits per heavy atom. The predicted octanol–water partition coefficient (Wildman–Crippen LogP) is 10.5. The van der Waals surface area contributed by atoms with Crippen molar-refractivity contribution in [3.05, 3.63) is 52.2 Å². The van der Waals surface area contributed by atoms with Crippen LogP contribution in [0.15, 0.2) is 41.8 Å². The highest BCUT2D eigenvalue weighted by atomic mass is 32.1. The van der Waals surface area contributed by atoms with Gasteiger partial charge in [0.05, 0.1) is 11.3 Å². The van der Waals surface area contributed by atoms with E-state index in [-0.39, 0.29) is 5.91 Å². The molecule has 3 heteroatoms. The number of anilines is 1. The Labute approximate surface area is 225 Å². The van der Waals surface area contributed by atoms with E-state index in [1.165, 1.54) is 103 Å². The van der Waals surface area contributed by atoms with Crippen molar-refractivity contribution in [2.24, 2.45) is 5.92 Å². The molecule has 1 atom stereocenters. The number of benzene rings is 1. The van der Waals surface area contributed by atoms with Crippen LogP contribution >= 0.6 is 11.3 Å². The highest BCUT2D eigenvalue weighted by molar-refractivity contribution is 7.11. The second-order valence-corrected chi connectivity index (χ2v) is 11.7. The van der Waals surface area contributed by atoms with Gasteiger partial charge in [0.25, 0.3) is 5.91 Å². The topological polar surface area (TPSA) is 20.3 Å². The quantitative estimate of drug-likeness (QED) is 0.137. The summed E-state index contributed by atoms with van der Waals surface area (Å²) in [4.78, 5) is 16.9. The lowest BCUT2D eigenvalue weighted by molar-refractivity contribution is -0.113. The number of rotatable bonds is 19. The van der Waals surface area contributed by atoms with E-state index in [4.69, 9.17) is 0 Å². The molecule has 2 aromatic rings. The molecule has 1 aliphatic heterocycles. The first-order valence-corrected chi connectivity index (χ1v) is 15.8. The molecule has 1 aromatic carbocycles. The molecule has 0 spiro atoms. The normalized spacial score (nSPS) is 15.1. The number of fused-ring (bicyclic) bond motifs is 1. The lowest BCUT2D eigenvalue weighted by Gasteiger charge is -2.25. The molecule has 0 N–H and O–H groups in total. The Morgan fingerprint density at radius 2 is 1.33 bits per heavy atom. The molecule has 0 radical (unpaired) electrons. The summed E-state index contributed by atoms with van der Waals surface area (Å²) in [6, 6.07) is 12.6. The van der Waals surface area contributed by atoms with Gasteiger partial charge in [-0.15, -0.1) is 11.3 Å². The maximum atomic E-state index is 13.6. The second kappa shape index (κ2) is 16.8. The number of hydrogen-bond acceptors (Lipinski definition) is 2. The number of hydrogen-bond donors (Lipinski definition) is 0. The first-order chi connectivity index (χ1) is 17.7. The Hall–Kier alpha value is -1.87. The number of nitrogens with zero attached hydrogens (tertiary/aromatic N) is 1. The zero-order valence-electron chi connectivity index (χ0n) is 23.0. The molecule has 0 fully saturated rings. The van der Waals surface area contributed by atoms with Crippen molar-refractivity contribution < 1.29 is 4.79 Å². The van der Waals surface area contributed by atoms with Gasteiger partial charge in [-0.25, -0.2) is 0 Å². The fourth-order valence-corrected chi connectivity index (χ4v) is 6.17. The van der Waals surface area contributed by atoms with E-state index in [1.807, 2.05) is 0 Å². The van der Waals surface area contributed by atoms with Crippen LogP contribution in [0, 0.1) is 5.92 Å². The van der Waals surface area contributed by atoms with Crippen molar-refractivity contribution >= 4 is 34.6 Å². The Bertz CT molecular complexity index is 900. The number of carbonyl (C=O) groups is 1. The van der Waals surface area contributed by atoms with Crippen LogP contribution in [-0.4, -0.2) is 12.5 Å². The van der Waals surface area contributed by atoms with Gasteiger partial charge in [0, 0.05) is 17.0 Å². The van der Waals surface area contributed by atoms with Crippen LogP contribution < -0.4 is 4.90 Å². The van der Waals surface area contributed by atoms with Gasteiger partial charge in [0.15, 0.2) is 0 Å². The summed E-state index contributed by atoms with van der Waals surface area (Å²) in [5.74, 6) is 0.780. The van der Waals surface area contributed by atoms with Crippen LogP contribution in [0.2, 0.25) is 0 Å². The molecule has 0 aliphatic carbocycles. The van der Waals surface area contributed by atoms with Gasteiger partial charge in [-0.1, -0.05) is 128 Å². The van der Waals surface area contributed by atoms with Gasteiger partial charge in [0.2, 0.25) is 0 Å². The zero-order chi connectivity index (χ0) is 25.4. The summed E-state index contributed by atoms with van der Waals surface area (Å²) in [5, 5.41) is 2.08. The van der Waals surface area contributed by atoms with E-state index in [0.717, 1.165) is 28.2 Å². The van der Waals surface area contributed by atoms with Crippen LogP contribution in [0.3, 0.4) is 0 Å². The molecule has 1 amide bonds. The van der Waals surface area contributed by atoms with Crippen molar-refractivity contribution in [3.8, 4) is 0 Å². The number of thiophene rings is 1. The molecule has 0 saturated carbocycles. The third kappa shape index (κ3) is 9.21. The number of unbranched alkanes of at least 4 members (excludes halogenated alkanes) is 12. The van der Waals surface area contributed by atoms with E-state index in [0.29, 0.717) is 5.92 Å². The van der Waals surface area contributed by atoms with Crippen molar-refractivity contribution in [1.82, 2.24) is 0 Å². The largest absolute Gasteiger partial charge is 0.307 e. The van der Waals surface area contributed by atoms with Crippen LogP contribution in [0.5, 0.6) is 0 Å². The minimum Gasteiger partial charge on any atom is -0.307 e. The summed E-state index contributed by atoms with van der Waals surface area (Å²) < 4.78 is 0. The zero-order valence-corrected chi connectivity index (χ0v) is 23.8. The fraction of sp³-hybridized carbons (Fsp3) is 0.606. The fourth-order valence-electron chi connectivity index (χ4n) is 5.51. The van der Waals surface area contributed by atoms with Crippen LogP contribution in [-0.2, 0) is 4.79 Å². The summed E-state index contributed by atoms with van der Waals surface area (Å²) in [7, 11) is 0. The summed E-state index contributed by atoms with van der Waals surface area (Å²) >= 11 is 1.70. The molecule has 3 rings (SSSR count). The van der Waals surface area contributed by atoms with Crippen molar-refractivity contribution in [3.63, 3.8) is 0 Å². The molecule has 1 aliphatic rings. The highest BCUT2D eigenvalue weighted by Crippen LogP contribution is 2.39. The van der Waals surface area contributed by atoms with E-state index in [9.17, 15) is 4.79 Å². The molecule has 1 unspecified atom stereocenters. The van der Waals surface area contributed by atoms with Gasteiger partial charge in [0.1, 0.15) is 0 Å².